The Hall–Kier alpha value is -1.86. The number of hydrogen-bond donors (Lipinski definition) is 0. The topological polar surface area (TPSA) is 46.6 Å². The van der Waals surface area contributed by atoms with Crippen molar-refractivity contribution in [3.05, 3.63) is 68.5 Å². The summed E-state index contributed by atoms with van der Waals surface area (Å²) in [7, 11) is 1.28. The van der Waals surface area contributed by atoms with Crippen molar-refractivity contribution < 1.29 is 14.3 Å². The highest BCUT2D eigenvalue weighted by molar-refractivity contribution is 8.27. The van der Waals surface area contributed by atoms with Crippen molar-refractivity contribution >= 4 is 75.1 Å². The van der Waals surface area contributed by atoms with Crippen molar-refractivity contribution in [3.63, 3.8) is 0 Å². The number of esters is 1. The molecule has 0 aromatic heterocycles. The molecule has 2 aromatic rings. The normalized spacial score (nSPS) is 15.7. The van der Waals surface area contributed by atoms with Gasteiger partial charge in [0.15, 0.2) is 4.32 Å². The molecular weight excluding hydrogens is 413 g/mol. The first-order valence-electron chi connectivity index (χ1n) is 7.32. The van der Waals surface area contributed by atoms with Crippen LogP contribution in [0.1, 0.15) is 15.9 Å². The molecule has 2 aromatic carbocycles. The minimum atomic E-state index is -0.542. The first-order chi connectivity index (χ1) is 12.4. The van der Waals surface area contributed by atoms with Crippen LogP contribution >= 0.6 is 47.2 Å². The smallest absolute Gasteiger partial charge is 0.339 e. The van der Waals surface area contributed by atoms with E-state index in [-0.39, 0.29) is 11.5 Å². The molecule has 1 amide bonds. The fourth-order valence-corrected chi connectivity index (χ4v) is 4.13. The van der Waals surface area contributed by atoms with Gasteiger partial charge in [0.05, 0.1) is 23.3 Å². The van der Waals surface area contributed by atoms with Gasteiger partial charge in [0.2, 0.25) is 0 Å². The minimum absolute atomic E-state index is 0.261. The van der Waals surface area contributed by atoms with Crippen LogP contribution in [0, 0.1) is 0 Å². The third kappa shape index (κ3) is 3.64. The fourth-order valence-electron chi connectivity index (χ4n) is 2.39. The van der Waals surface area contributed by atoms with Crippen LogP contribution in [0.5, 0.6) is 0 Å². The van der Waals surface area contributed by atoms with Gasteiger partial charge >= 0.3 is 5.97 Å². The Labute approximate surface area is 169 Å². The van der Waals surface area contributed by atoms with E-state index in [1.807, 2.05) is 0 Å². The van der Waals surface area contributed by atoms with Crippen LogP contribution in [0.25, 0.3) is 6.08 Å². The molecule has 26 heavy (non-hydrogen) atoms. The molecule has 0 saturated carbocycles. The first kappa shape index (κ1) is 18.9. The van der Waals surface area contributed by atoms with Gasteiger partial charge in [-0.3, -0.25) is 9.69 Å². The molecule has 0 N–H and O–H groups in total. The van der Waals surface area contributed by atoms with Crippen molar-refractivity contribution in [1.82, 2.24) is 0 Å². The molecule has 0 aliphatic carbocycles. The van der Waals surface area contributed by atoms with Crippen molar-refractivity contribution in [2.75, 3.05) is 12.0 Å². The van der Waals surface area contributed by atoms with E-state index in [0.717, 1.165) is 11.8 Å². The average molecular weight is 424 g/mol. The lowest BCUT2D eigenvalue weighted by Gasteiger charge is -2.17. The number of benzene rings is 2. The largest absolute Gasteiger partial charge is 0.465 e. The standard InChI is InChI=1S/C18H11Cl2NO3S2/c1-24-17(23)12-4-2-3-5-14(12)21-16(22)15(26-18(21)25)8-10-6-7-11(19)9-13(10)20/h2-9H,1H3/b15-8-. The average Bonchev–Trinajstić information content (AvgIpc) is 2.90. The number of anilines is 1. The summed E-state index contributed by atoms with van der Waals surface area (Å²) >= 11 is 18.6. The van der Waals surface area contributed by atoms with E-state index < -0.39 is 5.97 Å². The van der Waals surface area contributed by atoms with Crippen LogP contribution in [0.3, 0.4) is 0 Å². The van der Waals surface area contributed by atoms with E-state index in [4.69, 9.17) is 40.2 Å². The van der Waals surface area contributed by atoms with E-state index in [9.17, 15) is 9.59 Å². The van der Waals surface area contributed by atoms with Crippen LogP contribution in [0.15, 0.2) is 47.4 Å². The number of methoxy groups -OCH3 is 1. The lowest BCUT2D eigenvalue weighted by Crippen LogP contribution is -2.29. The lowest BCUT2D eigenvalue weighted by atomic mass is 10.1. The number of amides is 1. The first-order valence-corrected chi connectivity index (χ1v) is 9.31. The van der Waals surface area contributed by atoms with Gasteiger partial charge in [-0.2, -0.15) is 0 Å². The van der Waals surface area contributed by atoms with Crippen LogP contribution in [0.4, 0.5) is 5.69 Å². The van der Waals surface area contributed by atoms with Gasteiger partial charge in [0.1, 0.15) is 0 Å². The summed E-state index contributed by atoms with van der Waals surface area (Å²) < 4.78 is 5.11. The lowest BCUT2D eigenvalue weighted by molar-refractivity contribution is -0.113. The van der Waals surface area contributed by atoms with Crippen molar-refractivity contribution in [2.24, 2.45) is 0 Å². The number of carbonyl (C=O) groups is 2. The summed E-state index contributed by atoms with van der Waals surface area (Å²) in [6.45, 7) is 0. The van der Waals surface area contributed by atoms with E-state index in [1.54, 1.807) is 48.5 Å². The molecule has 8 heteroatoms. The van der Waals surface area contributed by atoms with Crippen molar-refractivity contribution in [1.29, 1.82) is 0 Å². The van der Waals surface area contributed by atoms with Gasteiger partial charge in [-0.15, -0.1) is 0 Å². The summed E-state index contributed by atoms with van der Waals surface area (Å²) in [5.74, 6) is -0.873. The highest BCUT2D eigenvalue weighted by atomic mass is 35.5. The number of para-hydroxylation sites is 1. The van der Waals surface area contributed by atoms with Gasteiger partial charge in [-0.05, 0) is 35.9 Å². The molecule has 0 bridgehead atoms. The van der Waals surface area contributed by atoms with Gasteiger partial charge in [0, 0.05) is 10.0 Å². The number of thiocarbonyl (C=S) groups is 1. The molecule has 0 unspecified atom stereocenters. The van der Waals surface area contributed by atoms with Crippen LogP contribution in [0.2, 0.25) is 10.0 Å². The molecule has 0 spiro atoms. The van der Waals surface area contributed by atoms with Crippen LogP contribution in [-0.4, -0.2) is 23.3 Å². The van der Waals surface area contributed by atoms with Gasteiger partial charge in [-0.25, -0.2) is 4.79 Å². The summed E-state index contributed by atoms with van der Waals surface area (Å²) in [4.78, 5) is 26.6. The number of rotatable bonds is 3. The number of hydrogen-bond acceptors (Lipinski definition) is 5. The maximum absolute atomic E-state index is 12.9. The second-order valence-corrected chi connectivity index (χ2v) is 7.71. The Morgan fingerprint density at radius 3 is 2.65 bits per heavy atom. The highest BCUT2D eigenvalue weighted by Gasteiger charge is 2.35. The second-order valence-electron chi connectivity index (χ2n) is 5.19. The SMILES string of the molecule is COC(=O)c1ccccc1N1C(=O)/C(=C/c2ccc(Cl)cc2Cl)SC1=S. The minimum Gasteiger partial charge on any atom is -0.465 e. The molecule has 1 aliphatic heterocycles. The zero-order chi connectivity index (χ0) is 18.8. The molecule has 0 radical (unpaired) electrons. The predicted molar refractivity (Wildman–Crippen MR) is 110 cm³/mol. The van der Waals surface area contributed by atoms with E-state index >= 15 is 0 Å². The maximum Gasteiger partial charge on any atom is 0.339 e. The summed E-state index contributed by atoms with van der Waals surface area (Å²) in [5.41, 5.74) is 1.29. The number of halogens is 2. The quantitative estimate of drug-likeness (QED) is 0.386. The molecule has 0 atom stereocenters. The Kier molecular flexibility index (Phi) is 5.67. The van der Waals surface area contributed by atoms with E-state index in [2.05, 4.69) is 0 Å². The number of ether oxygens (including phenoxy) is 1. The number of thioether (sulfide) groups is 1. The fraction of sp³-hybridized carbons (Fsp3) is 0.0556. The number of carbonyl (C=O) groups excluding carboxylic acids is 2. The summed E-state index contributed by atoms with van der Waals surface area (Å²) in [6, 6.07) is 11.7. The third-order valence-corrected chi connectivity index (χ3v) is 5.46. The number of nitrogens with zero attached hydrogens (tertiary/aromatic N) is 1. The maximum atomic E-state index is 12.9. The Balaban J connectivity index is 2.01. The predicted octanol–water partition coefficient (Wildman–Crippen LogP) is 5.19. The molecule has 1 aliphatic rings. The van der Waals surface area contributed by atoms with E-state index in [1.165, 1.54) is 12.0 Å². The second kappa shape index (κ2) is 7.80. The summed E-state index contributed by atoms with van der Waals surface area (Å²) in [6.07, 6.45) is 1.65. The van der Waals surface area contributed by atoms with Crippen LogP contribution in [-0.2, 0) is 9.53 Å². The monoisotopic (exact) mass is 423 g/mol. The zero-order valence-electron chi connectivity index (χ0n) is 13.4. The third-order valence-electron chi connectivity index (χ3n) is 3.59. The molecule has 1 fully saturated rings. The van der Waals surface area contributed by atoms with Gasteiger partial charge in [0.25, 0.3) is 5.91 Å². The zero-order valence-corrected chi connectivity index (χ0v) is 16.5. The molecule has 132 valence electrons. The van der Waals surface area contributed by atoms with Gasteiger partial charge in [-0.1, -0.05) is 65.4 Å². The van der Waals surface area contributed by atoms with E-state index in [0.29, 0.717) is 30.5 Å². The van der Waals surface area contributed by atoms with Gasteiger partial charge < -0.3 is 4.74 Å². The molecule has 1 heterocycles. The molecule has 1 saturated heterocycles. The molecule has 3 rings (SSSR count). The van der Waals surface area contributed by atoms with Crippen molar-refractivity contribution in [2.45, 2.75) is 0 Å². The Morgan fingerprint density at radius 2 is 1.96 bits per heavy atom. The molecular formula is C18H11Cl2NO3S2. The molecule has 4 nitrogen and oxygen atoms in total. The Morgan fingerprint density at radius 1 is 1.23 bits per heavy atom. The Bertz CT molecular complexity index is 959. The van der Waals surface area contributed by atoms with Crippen molar-refractivity contribution in [3.8, 4) is 0 Å². The highest BCUT2D eigenvalue weighted by Crippen LogP contribution is 2.38. The summed E-state index contributed by atoms with van der Waals surface area (Å²) in [5, 5.41) is 0.935. The van der Waals surface area contributed by atoms with Crippen LogP contribution < -0.4 is 4.90 Å².